The first-order valence-electron chi connectivity index (χ1n) is 5.34. The van der Waals surface area contributed by atoms with Gasteiger partial charge in [-0.2, -0.15) is 0 Å². The first-order chi connectivity index (χ1) is 6.88. The second-order valence-electron chi connectivity index (χ2n) is 3.96. The van der Waals surface area contributed by atoms with Gasteiger partial charge in [-0.15, -0.1) is 0 Å². The first kappa shape index (κ1) is 9.69. The Morgan fingerprint density at radius 1 is 1.29 bits per heavy atom. The van der Waals surface area contributed by atoms with Gasteiger partial charge in [0, 0.05) is 12.6 Å². The van der Waals surface area contributed by atoms with Gasteiger partial charge in [0.05, 0.1) is 0 Å². The zero-order valence-corrected chi connectivity index (χ0v) is 8.74. The molecule has 2 rings (SSSR count). The van der Waals surface area contributed by atoms with E-state index in [1.54, 1.807) is 0 Å². The van der Waals surface area contributed by atoms with Crippen LogP contribution < -0.4 is 5.32 Å². The van der Waals surface area contributed by atoms with Gasteiger partial charge in [-0.05, 0) is 32.1 Å². The second-order valence-corrected chi connectivity index (χ2v) is 3.96. The molecule has 1 N–H and O–H groups in total. The summed E-state index contributed by atoms with van der Waals surface area (Å²) in [6, 6.07) is 11.3. The highest BCUT2D eigenvalue weighted by molar-refractivity contribution is 5.19. The van der Waals surface area contributed by atoms with E-state index in [-0.39, 0.29) is 0 Å². The van der Waals surface area contributed by atoms with E-state index in [9.17, 15) is 0 Å². The molecule has 0 aliphatic carbocycles. The summed E-state index contributed by atoms with van der Waals surface area (Å²) in [7, 11) is 2.21. The fraction of sp³-hybridized carbons (Fsp3) is 0.500. The van der Waals surface area contributed by atoms with Gasteiger partial charge in [0.15, 0.2) is 0 Å². The third-order valence-corrected chi connectivity index (χ3v) is 2.92. The topological polar surface area (TPSA) is 15.3 Å². The number of benzene rings is 1. The number of rotatable bonds is 1. The van der Waals surface area contributed by atoms with Crippen molar-refractivity contribution in [1.29, 1.82) is 0 Å². The van der Waals surface area contributed by atoms with Gasteiger partial charge >= 0.3 is 0 Å². The van der Waals surface area contributed by atoms with Crippen LogP contribution in [0.15, 0.2) is 30.3 Å². The predicted molar refractivity (Wildman–Crippen MR) is 59.3 cm³/mol. The molecular formula is C12H18N2. The number of hydrogen-bond acceptors (Lipinski definition) is 2. The highest BCUT2D eigenvalue weighted by Crippen LogP contribution is 2.19. The van der Waals surface area contributed by atoms with Gasteiger partial charge in [-0.3, -0.25) is 4.90 Å². The summed E-state index contributed by atoms with van der Waals surface area (Å²) in [6.07, 6.45) is 1.25. The fourth-order valence-corrected chi connectivity index (χ4v) is 2.05. The van der Waals surface area contributed by atoms with Crippen molar-refractivity contribution in [2.24, 2.45) is 0 Å². The van der Waals surface area contributed by atoms with Crippen molar-refractivity contribution in [1.82, 2.24) is 10.2 Å². The fourth-order valence-electron chi connectivity index (χ4n) is 2.05. The SMILES string of the molecule is CN1CCCNCC1c1ccccc1. The van der Waals surface area contributed by atoms with Crippen LogP contribution in [-0.2, 0) is 0 Å². The molecule has 0 saturated carbocycles. The van der Waals surface area contributed by atoms with E-state index in [2.05, 4.69) is 47.6 Å². The van der Waals surface area contributed by atoms with E-state index in [1.807, 2.05) is 0 Å². The van der Waals surface area contributed by atoms with E-state index >= 15 is 0 Å². The first-order valence-corrected chi connectivity index (χ1v) is 5.34. The third-order valence-electron chi connectivity index (χ3n) is 2.92. The van der Waals surface area contributed by atoms with E-state index in [0.29, 0.717) is 6.04 Å². The Kier molecular flexibility index (Phi) is 3.17. The van der Waals surface area contributed by atoms with Crippen LogP contribution in [0, 0.1) is 0 Å². The molecular weight excluding hydrogens is 172 g/mol. The smallest absolute Gasteiger partial charge is 0.0469 e. The number of hydrogen-bond donors (Lipinski definition) is 1. The van der Waals surface area contributed by atoms with Crippen molar-refractivity contribution < 1.29 is 0 Å². The van der Waals surface area contributed by atoms with Gasteiger partial charge in [0.25, 0.3) is 0 Å². The van der Waals surface area contributed by atoms with E-state index in [1.165, 1.54) is 18.5 Å². The summed E-state index contributed by atoms with van der Waals surface area (Å²) >= 11 is 0. The zero-order valence-electron chi connectivity index (χ0n) is 8.74. The molecule has 1 aromatic rings. The Bertz CT molecular complexity index is 271. The molecule has 0 aromatic heterocycles. The highest BCUT2D eigenvalue weighted by atomic mass is 15.2. The quantitative estimate of drug-likeness (QED) is 0.724. The molecule has 0 amide bonds. The summed E-state index contributed by atoms with van der Waals surface area (Å²) in [5, 5.41) is 3.48. The van der Waals surface area contributed by atoms with Crippen molar-refractivity contribution in [3.63, 3.8) is 0 Å². The molecule has 1 unspecified atom stereocenters. The van der Waals surface area contributed by atoms with E-state index in [4.69, 9.17) is 0 Å². The molecule has 1 saturated heterocycles. The molecule has 1 aliphatic heterocycles. The van der Waals surface area contributed by atoms with Crippen LogP contribution in [-0.4, -0.2) is 31.6 Å². The van der Waals surface area contributed by atoms with Gasteiger partial charge in [-0.25, -0.2) is 0 Å². The van der Waals surface area contributed by atoms with Crippen LogP contribution in [0.3, 0.4) is 0 Å². The van der Waals surface area contributed by atoms with Crippen LogP contribution in [0.2, 0.25) is 0 Å². The van der Waals surface area contributed by atoms with Crippen LogP contribution in [0.1, 0.15) is 18.0 Å². The maximum Gasteiger partial charge on any atom is 0.0469 e. The summed E-state index contributed by atoms with van der Waals surface area (Å²) in [5.74, 6) is 0. The van der Waals surface area contributed by atoms with Crippen molar-refractivity contribution in [2.75, 3.05) is 26.7 Å². The molecule has 14 heavy (non-hydrogen) atoms. The number of likely N-dealkylation sites (N-methyl/N-ethyl adjacent to an activating group) is 1. The number of nitrogens with one attached hydrogen (secondary N) is 1. The van der Waals surface area contributed by atoms with Crippen LogP contribution >= 0.6 is 0 Å². The van der Waals surface area contributed by atoms with Crippen molar-refractivity contribution in [3.05, 3.63) is 35.9 Å². The standard InChI is InChI=1S/C12H18N2/c1-14-9-5-8-13-10-12(14)11-6-3-2-4-7-11/h2-4,6-7,12-13H,5,8-10H2,1H3. The Morgan fingerprint density at radius 2 is 2.07 bits per heavy atom. The van der Waals surface area contributed by atoms with Gasteiger partial charge < -0.3 is 5.32 Å². The minimum atomic E-state index is 0.540. The summed E-state index contributed by atoms with van der Waals surface area (Å²) in [6.45, 7) is 3.40. The van der Waals surface area contributed by atoms with E-state index in [0.717, 1.165) is 13.1 Å². The normalized spacial score (nSPS) is 24.5. The lowest BCUT2D eigenvalue weighted by Crippen LogP contribution is -2.29. The summed E-state index contributed by atoms with van der Waals surface area (Å²) in [4.78, 5) is 2.44. The lowest BCUT2D eigenvalue weighted by molar-refractivity contribution is 0.261. The second kappa shape index (κ2) is 4.58. The Balaban J connectivity index is 2.15. The lowest BCUT2D eigenvalue weighted by Gasteiger charge is -2.25. The minimum Gasteiger partial charge on any atom is -0.315 e. The molecule has 0 bridgehead atoms. The van der Waals surface area contributed by atoms with Crippen molar-refractivity contribution >= 4 is 0 Å². The maximum atomic E-state index is 3.48. The largest absolute Gasteiger partial charge is 0.315 e. The zero-order chi connectivity index (χ0) is 9.80. The third kappa shape index (κ3) is 2.14. The van der Waals surface area contributed by atoms with Crippen LogP contribution in [0.25, 0.3) is 0 Å². The number of nitrogens with zero attached hydrogens (tertiary/aromatic N) is 1. The molecule has 1 fully saturated rings. The average molecular weight is 190 g/mol. The molecule has 2 heteroatoms. The van der Waals surface area contributed by atoms with Gasteiger partial charge in [0.2, 0.25) is 0 Å². The molecule has 0 spiro atoms. The van der Waals surface area contributed by atoms with Crippen LogP contribution in [0.4, 0.5) is 0 Å². The molecule has 2 nitrogen and oxygen atoms in total. The summed E-state index contributed by atoms with van der Waals surface area (Å²) in [5.41, 5.74) is 1.42. The molecule has 1 heterocycles. The molecule has 0 radical (unpaired) electrons. The molecule has 76 valence electrons. The molecule has 1 aromatic carbocycles. The van der Waals surface area contributed by atoms with Crippen LogP contribution in [0.5, 0.6) is 0 Å². The minimum absolute atomic E-state index is 0.540. The monoisotopic (exact) mass is 190 g/mol. The Labute approximate surface area is 85.9 Å². The molecule has 1 aliphatic rings. The van der Waals surface area contributed by atoms with Gasteiger partial charge in [-0.1, -0.05) is 30.3 Å². The molecule has 1 atom stereocenters. The van der Waals surface area contributed by atoms with E-state index < -0.39 is 0 Å². The highest BCUT2D eigenvalue weighted by Gasteiger charge is 2.18. The summed E-state index contributed by atoms with van der Waals surface area (Å²) < 4.78 is 0. The Hall–Kier alpha value is -0.860. The average Bonchev–Trinajstić information content (AvgIpc) is 2.44. The van der Waals surface area contributed by atoms with Crippen molar-refractivity contribution in [3.8, 4) is 0 Å². The Morgan fingerprint density at radius 3 is 2.86 bits per heavy atom. The maximum absolute atomic E-state index is 3.48. The lowest BCUT2D eigenvalue weighted by atomic mass is 10.1. The predicted octanol–water partition coefficient (Wildman–Crippen LogP) is 1.65. The van der Waals surface area contributed by atoms with Crippen molar-refractivity contribution in [2.45, 2.75) is 12.5 Å². The van der Waals surface area contributed by atoms with Gasteiger partial charge in [0.1, 0.15) is 0 Å².